The Morgan fingerprint density at radius 3 is 1.56 bits per heavy atom. The molecule has 14 rings (SSSR count). The van der Waals surface area contributed by atoms with Crippen LogP contribution in [0.3, 0.4) is 0 Å². The van der Waals surface area contributed by atoms with Crippen LogP contribution < -0.4 is 26.2 Å². The third-order valence-electron chi connectivity index (χ3n) is 14.8. The molecule has 5 nitrogen and oxygen atoms in total. The van der Waals surface area contributed by atoms with Gasteiger partial charge in [0.2, 0.25) is 0 Å². The molecular formula is C72H50BN5. The van der Waals surface area contributed by atoms with Crippen molar-refractivity contribution < 1.29 is 23.3 Å². The highest BCUT2D eigenvalue weighted by atomic mass is 15.2. The topological polar surface area (TPSA) is 59.0 Å². The zero-order chi connectivity index (χ0) is 67.4. The molecule has 3 heterocycles. The van der Waals surface area contributed by atoms with Crippen molar-refractivity contribution in [3.63, 3.8) is 0 Å². The molecule has 1 aromatic heterocycles. The summed E-state index contributed by atoms with van der Waals surface area (Å²) in [6.45, 7) is 5.36. The van der Waals surface area contributed by atoms with Gasteiger partial charge in [-0.25, -0.2) is 0 Å². The van der Waals surface area contributed by atoms with Gasteiger partial charge in [-0.05, 0) is 151 Å². The van der Waals surface area contributed by atoms with Crippen LogP contribution in [0.25, 0.3) is 72.0 Å². The summed E-state index contributed by atoms with van der Waals surface area (Å²) < 4.78 is 155. The maximum absolute atomic E-state index is 12.1. The lowest BCUT2D eigenvalue weighted by atomic mass is 9.33. The maximum Gasteiger partial charge on any atom is 0.252 e. The zero-order valence-electron chi connectivity index (χ0n) is 59.2. The van der Waals surface area contributed by atoms with Crippen LogP contribution in [0, 0.1) is 22.7 Å². The summed E-state index contributed by atoms with van der Waals surface area (Å²) in [5, 5.41) is 22.0. The maximum atomic E-state index is 12.1. The Morgan fingerprint density at radius 2 is 0.974 bits per heavy atom. The molecule has 0 saturated carbocycles. The first kappa shape index (κ1) is 31.7. The fourth-order valence-electron chi connectivity index (χ4n) is 11.2. The van der Waals surface area contributed by atoms with Gasteiger partial charge in [-0.1, -0.05) is 190 Å². The molecule has 0 bridgehead atoms. The highest BCUT2D eigenvalue weighted by molar-refractivity contribution is 7.00. The van der Waals surface area contributed by atoms with Gasteiger partial charge >= 0.3 is 0 Å². The monoisotopic (exact) mass is 1010 g/mol. The summed E-state index contributed by atoms with van der Waals surface area (Å²) in [5.41, 5.74) is 7.65. The van der Waals surface area contributed by atoms with Crippen LogP contribution in [-0.4, -0.2) is 11.3 Å². The van der Waals surface area contributed by atoms with Gasteiger partial charge in [0.25, 0.3) is 6.71 Å². The highest BCUT2D eigenvalue weighted by Gasteiger charge is 2.45. The molecule has 6 heteroatoms. The third kappa shape index (κ3) is 7.53. The number of nitrogens with zero attached hydrogens (tertiary/aromatic N) is 5. The number of benzene rings is 11. The standard InChI is InChI=1S/C72H50BN5/c1-72(2,3)56-43-69-71-70(44-56)78(65-30-18-29-64(60(65)46-75)77-63-28-17-16-27-58(63)59-37-47(45-74)31-36-66(59)77)68-42-53(49-21-10-5-11-22-49)33-35-62(68)73(71)61-34-32-52(48-19-8-4-9-20-48)41-67(61)76(69)57-39-54(50-23-12-6-13-24-50)38-55(40-57)51-25-14-7-15-26-51/h4-44H,1-3H3/i4D,5D,8D,9D,10D,11D,16D,17D,19D,20D,21D,22D,27D,28D,31D,36D,37D. The van der Waals surface area contributed by atoms with Crippen molar-refractivity contribution in [2.45, 2.75) is 26.2 Å². The van der Waals surface area contributed by atoms with Gasteiger partial charge < -0.3 is 14.4 Å². The Hall–Kier alpha value is -10.1. The van der Waals surface area contributed by atoms with Crippen molar-refractivity contribution in [1.82, 2.24) is 4.57 Å². The number of hydrogen-bond acceptors (Lipinski definition) is 4. The third-order valence-corrected chi connectivity index (χ3v) is 14.8. The minimum absolute atomic E-state index is 0.0288. The largest absolute Gasteiger partial charge is 0.311 e. The van der Waals surface area contributed by atoms with Crippen LogP contribution in [0.15, 0.2) is 248 Å². The van der Waals surface area contributed by atoms with Crippen molar-refractivity contribution in [2.75, 3.05) is 9.80 Å². The predicted octanol–water partition coefficient (Wildman–Crippen LogP) is 16.6. The molecule has 0 fully saturated rings. The van der Waals surface area contributed by atoms with Crippen molar-refractivity contribution in [3.05, 3.63) is 265 Å². The summed E-state index contributed by atoms with van der Waals surface area (Å²) in [6, 6.07) is 40.5. The quantitative estimate of drug-likeness (QED) is 0.149. The van der Waals surface area contributed by atoms with Gasteiger partial charge in [-0.2, -0.15) is 10.5 Å². The van der Waals surface area contributed by atoms with E-state index < -0.39 is 120 Å². The molecule has 0 atom stereocenters. The molecule has 12 aromatic rings. The lowest BCUT2D eigenvalue weighted by molar-refractivity contribution is 0.590. The Bertz CT molecular complexity index is 5390. The average Bonchev–Trinajstić information content (AvgIpc) is 0.874. The zero-order valence-corrected chi connectivity index (χ0v) is 42.2. The first-order valence-corrected chi connectivity index (χ1v) is 25.3. The summed E-state index contributed by atoms with van der Waals surface area (Å²) in [7, 11) is 0. The average molecular weight is 1010 g/mol. The molecule has 0 amide bonds. The molecule has 78 heavy (non-hydrogen) atoms. The van der Waals surface area contributed by atoms with E-state index in [2.05, 4.69) is 35.2 Å². The van der Waals surface area contributed by atoms with Crippen LogP contribution in [0.1, 0.15) is 60.8 Å². The Kier molecular flexibility index (Phi) is 7.44. The summed E-state index contributed by atoms with van der Waals surface area (Å²) in [4.78, 5) is 3.96. The van der Waals surface area contributed by atoms with E-state index in [4.69, 9.17) is 12.3 Å². The molecule has 2 aliphatic rings. The van der Waals surface area contributed by atoms with Crippen LogP contribution in [-0.2, 0) is 5.41 Å². The van der Waals surface area contributed by atoms with Gasteiger partial charge in [-0.15, -0.1) is 0 Å². The first-order chi connectivity index (χ1) is 45.3. The molecule has 0 saturated heterocycles. The minimum Gasteiger partial charge on any atom is -0.311 e. The van der Waals surface area contributed by atoms with E-state index in [0.29, 0.717) is 50.4 Å². The van der Waals surface area contributed by atoms with Crippen LogP contribution in [0.2, 0.25) is 0 Å². The number of hydrogen-bond donors (Lipinski definition) is 0. The molecular weight excluding hydrogens is 946 g/mol. The van der Waals surface area contributed by atoms with E-state index in [1.165, 1.54) is 10.6 Å². The van der Waals surface area contributed by atoms with E-state index in [1.54, 1.807) is 30.3 Å². The molecule has 0 N–H and O–H groups in total. The fraction of sp³-hybridized carbons (Fsp3) is 0.0556. The molecule has 0 unspecified atom stereocenters. The van der Waals surface area contributed by atoms with Gasteiger partial charge in [0, 0.05) is 39.2 Å². The van der Waals surface area contributed by atoms with E-state index in [-0.39, 0.29) is 55.4 Å². The van der Waals surface area contributed by atoms with E-state index >= 15 is 0 Å². The molecule has 0 radical (unpaired) electrons. The molecule has 366 valence electrons. The first-order valence-electron chi connectivity index (χ1n) is 33.8. The van der Waals surface area contributed by atoms with Crippen LogP contribution in [0.5, 0.6) is 0 Å². The summed E-state index contributed by atoms with van der Waals surface area (Å²) >= 11 is 0. The number of anilines is 6. The minimum atomic E-state index is -0.770. The van der Waals surface area contributed by atoms with E-state index in [0.717, 1.165) is 27.8 Å². The number of aromatic nitrogens is 1. The fourth-order valence-corrected chi connectivity index (χ4v) is 11.2. The van der Waals surface area contributed by atoms with E-state index in [9.17, 15) is 21.5 Å². The predicted molar refractivity (Wildman–Crippen MR) is 325 cm³/mol. The number of nitriles is 2. The van der Waals surface area contributed by atoms with Gasteiger partial charge in [0.15, 0.2) is 0 Å². The molecule has 11 aromatic carbocycles. The van der Waals surface area contributed by atoms with Gasteiger partial charge in [-0.3, -0.25) is 0 Å². The second kappa shape index (κ2) is 18.3. The Balaban J connectivity index is 1.15. The lowest BCUT2D eigenvalue weighted by Crippen LogP contribution is -2.61. The smallest absolute Gasteiger partial charge is 0.252 e. The van der Waals surface area contributed by atoms with Gasteiger partial charge in [0.1, 0.15) is 11.6 Å². The SMILES string of the molecule is [2H]c1c([2H])c([2H])c(-c2ccc3c(c2)N(c2cc(-c4ccccc4)cc(-c4ccccc4)c2)c2cc(C(C)(C)C)cc4c2B3c2ccc(-c3c([2H])c([2H])c([2H])c([2H])c3[2H])cc2N4c2cccc(-n3c4c([2H])c([2H])c([2H])c([2H])c4c4c([2H])c(C#N)c([2H])c([2H])c43)c2C#N)c([2H])c1[2H]. The number of rotatable bonds is 7. The Morgan fingerprint density at radius 1 is 0.423 bits per heavy atom. The molecule has 0 aliphatic carbocycles. The summed E-state index contributed by atoms with van der Waals surface area (Å²) in [6.07, 6.45) is 0. The van der Waals surface area contributed by atoms with Crippen molar-refractivity contribution in [3.8, 4) is 62.3 Å². The van der Waals surface area contributed by atoms with Crippen molar-refractivity contribution in [2.24, 2.45) is 0 Å². The number of fused-ring (bicyclic) bond motifs is 7. The van der Waals surface area contributed by atoms with Crippen molar-refractivity contribution >= 4 is 79.0 Å². The second-order valence-corrected chi connectivity index (χ2v) is 20.3. The summed E-state index contributed by atoms with van der Waals surface area (Å²) in [5.74, 6) is 0. The van der Waals surface area contributed by atoms with Crippen LogP contribution >= 0.6 is 0 Å². The normalized spacial score (nSPS) is 15.5. The van der Waals surface area contributed by atoms with Gasteiger partial charge in [0.05, 0.1) is 57.3 Å². The van der Waals surface area contributed by atoms with Crippen LogP contribution in [0.4, 0.5) is 34.1 Å². The highest BCUT2D eigenvalue weighted by Crippen LogP contribution is 2.50. The lowest BCUT2D eigenvalue weighted by Gasteiger charge is -2.45. The van der Waals surface area contributed by atoms with Crippen molar-refractivity contribution in [1.29, 1.82) is 10.5 Å². The molecule has 0 spiro atoms. The number of para-hydroxylation sites is 1. The second-order valence-electron chi connectivity index (χ2n) is 20.3. The van der Waals surface area contributed by atoms with E-state index in [1.807, 2.05) is 117 Å². The molecule has 2 aliphatic heterocycles. The Labute approximate surface area is 479 Å².